The van der Waals surface area contributed by atoms with Gasteiger partial charge in [-0.3, -0.25) is 4.79 Å². The summed E-state index contributed by atoms with van der Waals surface area (Å²) in [5.41, 5.74) is 0. The van der Waals surface area contributed by atoms with E-state index in [0.717, 1.165) is 6.42 Å². The van der Waals surface area contributed by atoms with E-state index in [4.69, 9.17) is 11.3 Å². The highest BCUT2D eigenvalue weighted by atomic mass is 16.5. The van der Waals surface area contributed by atoms with Gasteiger partial charge < -0.3 is 25.1 Å². The number of piperidine rings is 1. The average Bonchev–Trinajstić information content (AvgIpc) is 2.99. The third kappa shape index (κ3) is 2.74. The number of fused-ring (bicyclic) bond motifs is 1. The molecule has 3 rings (SSSR count). The molecule has 0 bridgehead atoms. The lowest BCUT2D eigenvalue weighted by Gasteiger charge is -2.37. The smallest absolute Gasteiger partial charge is 0.302 e. The van der Waals surface area contributed by atoms with Crippen LogP contribution in [0.4, 0.5) is 11.6 Å². The molecule has 2 unspecified atom stereocenters. The van der Waals surface area contributed by atoms with Crippen LogP contribution in [0, 0.1) is 12.5 Å². The summed E-state index contributed by atoms with van der Waals surface area (Å²) in [6, 6.07) is 0.0756. The van der Waals surface area contributed by atoms with Crippen molar-refractivity contribution in [3.05, 3.63) is 17.7 Å². The number of amides is 1. The molecule has 8 nitrogen and oxygen atoms in total. The van der Waals surface area contributed by atoms with Crippen LogP contribution >= 0.6 is 0 Å². The first-order valence-electron chi connectivity index (χ1n) is 7.28. The number of hydrogen-bond donors (Lipinski definition) is 2. The Morgan fingerprint density at radius 3 is 3.32 bits per heavy atom. The Balaban J connectivity index is 1.72. The Kier molecular flexibility index (Phi) is 3.96. The number of hydrogen-bond acceptors (Lipinski definition) is 6. The van der Waals surface area contributed by atoms with Crippen LogP contribution in [0.1, 0.15) is 13.3 Å². The van der Waals surface area contributed by atoms with Gasteiger partial charge in [-0.1, -0.05) is 6.92 Å². The molecule has 1 amide bonds. The number of nitrogens with one attached hydrogen (secondary N) is 2. The van der Waals surface area contributed by atoms with Crippen LogP contribution in [0.15, 0.2) is 6.33 Å². The van der Waals surface area contributed by atoms with Gasteiger partial charge in [0.2, 0.25) is 5.75 Å². The average molecular weight is 302 g/mol. The number of ether oxygens (including phenoxy) is 1. The number of likely N-dealkylation sites (tertiary alicyclic amines) is 1. The number of anilines is 2. The van der Waals surface area contributed by atoms with Crippen LogP contribution in [0.5, 0.6) is 5.75 Å². The molecule has 0 spiro atoms. The Labute approximate surface area is 128 Å². The van der Waals surface area contributed by atoms with Gasteiger partial charge in [0.1, 0.15) is 6.33 Å². The molecule has 1 fully saturated rings. The van der Waals surface area contributed by atoms with Gasteiger partial charge in [-0.15, -0.1) is 0 Å². The van der Waals surface area contributed by atoms with E-state index < -0.39 is 0 Å². The molecule has 1 aromatic heterocycles. The molecule has 22 heavy (non-hydrogen) atoms. The molecule has 3 heterocycles. The van der Waals surface area contributed by atoms with Crippen LogP contribution in [-0.4, -0.2) is 53.2 Å². The maximum Gasteiger partial charge on any atom is 0.302 e. The van der Waals surface area contributed by atoms with Crippen LogP contribution in [-0.2, 0) is 4.79 Å². The van der Waals surface area contributed by atoms with Gasteiger partial charge in [-0.25, -0.2) is 16.5 Å². The summed E-state index contributed by atoms with van der Waals surface area (Å²) in [4.78, 5) is 25.2. The van der Waals surface area contributed by atoms with E-state index in [9.17, 15) is 4.79 Å². The van der Waals surface area contributed by atoms with Gasteiger partial charge >= 0.3 is 5.91 Å². The first-order chi connectivity index (χ1) is 10.7. The topological polar surface area (TPSA) is 83.7 Å². The molecule has 116 valence electrons. The van der Waals surface area contributed by atoms with Crippen molar-refractivity contribution in [3.8, 4) is 5.75 Å². The minimum atomic E-state index is -0.112. The lowest BCUT2D eigenvalue weighted by atomic mass is 9.93. The fourth-order valence-corrected chi connectivity index (χ4v) is 2.74. The van der Waals surface area contributed by atoms with Crippen LogP contribution in [0.3, 0.4) is 0 Å². The molecule has 8 heteroatoms. The monoisotopic (exact) mass is 302 g/mol. The van der Waals surface area contributed by atoms with Gasteiger partial charge in [-0.05, 0) is 12.3 Å². The number of nitrogens with zero attached hydrogens (tertiary/aromatic N) is 4. The van der Waals surface area contributed by atoms with E-state index in [1.165, 1.54) is 6.33 Å². The third-order valence-electron chi connectivity index (χ3n) is 4.11. The predicted molar refractivity (Wildman–Crippen MR) is 80.4 cm³/mol. The molecule has 0 aromatic carbocycles. The summed E-state index contributed by atoms with van der Waals surface area (Å²) in [5.74, 6) is 2.24. The summed E-state index contributed by atoms with van der Waals surface area (Å²) < 4.78 is 5.50. The Morgan fingerprint density at radius 1 is 1.64 bits per heavy atom. The van der Waals surface area contributed by atoms with Crippen molar-refractivity contribution < 1.29 is 9.53 Å². The van der Waals surface area contributed by atoms with Crippen molar-refractivity contribution in [2.45, 2.75) is 19.4 Å². The molecule has 2 aliphatic heterocycles. The second-order valence-electron chi connectivity index (χ2n) is 5.54. The minimum Gasteiger partial charge on any atom is -0.465 e. The van der Waals surface area contributed by atoms with Gasteiger partial charge in [-0.2, -0.15) is 0 Å². The number of aromatic nitrogens is 2. The van der Waals surface area contributed by atoms with E-state index in [0.29, 0.717) is 43.1 Å². The maximum atomic E-state index is 11.9. The number of carbonyl (C=O) groups is 1. The van der Waals surface area contributed by atoms with E-state index in [2.05, 4.69) is 32.4 Å². The number of carbonyl (C=O) groups excluding carboxylic acids is 1. The molecule has 0 saturated carbocycles. The number of rotatable bonds is 3. The second kappa shape index (κ2) is 6.05. The summed E-state index contributed by atoms with van der Waals surface area (Å²) in [6.07, 6.45) is 2.38. The SMILES string of the molecule is [C-]#[N+]CC(=O)N1CCC(C)C(Nc2ncnc3c2OCN3)C1. The first kappa shape index (κ1) is 14.4. The quantitative estimate of drug-likeness (QED) is 0.804. The highest BCUT2D eigenvalue weighted by Crippen LogP contribution is 2.34. The van der Waals surface area contributed by atoms with Gasteiger partial charge in [0.15, 0.2) is 18.4 Å². The van der Waals surface area contributed by atoms with E-state index in [1.54, 1.807) is 4.90 Å². The van der Waals surface area contributed by atoms with Crippen molar-refractivity contribution in [1.82, 2.24) is 14.9 Å². The summed E-state index contributed by atoms with van der Waals surface area (Å²) in [5, 5.41) is 6.39. The Hall–Kier alpha value is -2.56. The summed E-state index contributed by atoms with van der Waals surface area (Å²) >= 11 is 0. The zero-order valence-corrected chi connectivity index (χ0v) is 12.4. The van der Waals surface area contributed by atoms with Crippen molar-refractivity contribution in [3.63, 3.8) is 0 Å². The van der Waals surface area contributed by atoms with Gasteiger partial charge in [0.25, 0.3) is 6.54 Å². The van der Waals surface area contributed by atoms with Crippen LogP contribution in [0.2, 0.25) is 0 Å². The van der Waals surface area contributed by atoms with E-state index in [1.807, 2.05) is 0 Å². The molecule has 2 aliphatic rings. The molecule has 2 N–H and O–H groups in total. The van der Waals surface area contributed by atoms with Gasteiger partial charge in [0, 0.05) is 19.1 Å². The van der Waals surface area contributed by atoms with Crippen molar-refractivity contribution in [2.24, 2.45) is 5.92 Å². The molecule has 1 aromatic rings. The standard InChI is InChI=1S/C14H18N6O2/c1-9-3-4-20(11(21)5-15-2)6-10(9)19-14-12-13(16-7-17-14)18-8-22-12/h7,9-10H,3-6,8H2,1H3,(H2,16,17,18,19). The van der Waals surface area contributed by atoms with Crippen LogP contribution < -0.4 is 15.4 Å². The predicted octanol–water partition coefficient (Wildman–Crippen LogP) is 0.807. The molecular formula is C14H18N6O2. The highest BCUT2D eigenvalue weighted by Gasteiger charge is 2.31. The van der Waals surface area contributed by atoms with Crippen molar-refractivity contribution in [2.75, 3.05) is 37.0 Å². The van der Waals surface area contributed by atoms with Crippen LogP contribution in [0.25, 0.3) is 4.85 Å². The van der Waals surface area contributed by atoms with Crippen molar-refractivity contribution in [1.29, 1.82) is 0 Å². The lowest BCUT2D eigenvalue weighted by Crippen LogP contribution is -2.49. The molecule has 0 aliphatic carbocycles. The zero-order chi connectivity index (χ0) is 15.5. The van der Waals surface area contributed by atoms with E-state index >= 15 is 0 Å². The van der Waals surface area contributed by atoms with Gasteiger partial charge in [0.05, 0.1) is 0 Å². The second-order valence-corrected chi connectivity index (χ2v) is 5.54. The first-order valence-corrected chi connectivity index (χ1v) is 7.28. The normalized spacial score (nSPS) is 23.0. The maximum absolute atomic E-state index is 11.9. The molecular weight excluding hydrogens is 284 g/mol. The Morgan fingerprint density at radius 2 is 2.50 bits per heavy atom. The molecule has 0 radical (unpaired) electrons. The minimum absolute atomic E-state index is 0.0756. The lowest BCUT2D eigenvalue weighted by molar-refractivity contribution is -0.130. The zero-order valence-electron chi connectivity index (χ0n) is 12.4. The highest BCUT2D eigenvalue weighted by molar-refractivity contribution is 5.80. The van der Waals surface area contributed by atoms with Crippen molar-refractivity contribution >= 4 is 17.5 Å². The van der Waals surface area contributed by atoms with E-state index in [-0.39, 0.29) is 18.5 Å². The molecule has 1 saturated heterocycles. The fourth-order valence-electron chi connectivity index (χ4n) is 2.74. The molecule has 2 atom stereocenters. The third-order valence-corrected chi connectivity index (χ3v) is 4.11. The largest absolute Gasteiger partial charge is 0.465 e. The summed E-state index contributed by atoms with van der Waals surface area (Å²) in [7, 11) is 0. The summed E-state index contributed by atoms with van der Waals surface area (Å²) in [6.45, 7) is 10.5. The Bertz CT molecular complexity index is 614. The fraction of sp³-hybridized carbons (Fsp3) is 0.571.